The predicted octanol–water partition coefficient (Wildman–Crippen LogP) is 3.44. The second-order valence-electron chi connectivity index (χ2n) is 6.62. The van der Waals surface area contributed by atoms with E-state index in [1.54, 1.807) is 54.2 Å². The Bertz CT molecular complexity index is 933. The lowest BCUT2D eigenvalue weighted by molar-refractivity contribution is -0.142. The highest BCUT2D eigenvalue weighted by Gasteiger charge is 2.27. The number of carbonyl (C=O) groups is 3. The average molecular weight is 505 g/mol. The molecule has 1 saturated heterocycles. The van der Waals surface area contributed by atoms with Crippen LogP contribution in [0, 0.1) is 0 Å². The van der Waals surface area contributed by atoms with E-state index in [1.165, 1.54) is 0 Å². The number of benzene rings is 2. The average Bonchev–Trinajstić information content (AvgIpc) is 3.23. The van der Waals surface area contributed by atoms with Crippen molar-refractivity contribution in [2.24, 2.45) is 0 Å². The van der Waals surface area contributed by atoms with Gasteiger partial charge in [0.2, 0.25) is 5.91 Å². The molecule has 2 aromatic carbocycles. The van der Waals surface area contributed by atoms with Gasteiger partial charge in [0.1, 0.15) is 6.04 Å². The second kappa shape index (κ2) is 11.6. The van der Waals surface area contributed by atoms with E-state index < -0.39 is 17.9 Å². The van der Waals surface area contributed by atoms with Crippen molar-refractivity contribution in [3.63, 3.8) is 0 Å². The Morgan fingerprint density at radius 2 is 1.77 bits per heavy atom. The van der Waals surface area contributed by atoms with Gasteiger partial charge in [0.15, 0.2) is 0 Å². The minimum Gasteiger partial charge on any atom is -0.480 e. The fourth-order valence-electron chi connectivity index (χ4n) is 2.90. The Hall–Kier alpha value is -1.97. The third kappa shape index (κ3) is 6.75. The molecule has 0 bridgehead atoms. The SMILES string of the molecule is Cl.O=C(Nc1ccc(C[C@H](NC(=O)[C@H]2CSCN2)C(=O)O)cc1)c1c(Cl)cccc1Cl. The first-order valence-corrected chi connectivity index (χ1v) is 10.9. The largest absolute Gasteiger partial charge is 0.480 e. The van der Waals surface area contributed by atoms with Gasteiger partial charge in [-0.15, -0.1) is 24.2 Å². The molecule has 7 nitrogen and oxygen atoms in total. The van der Waals surface area contributed by atoms with E-state index in [0.717, 1.165) is 0 Å². The number of nitrogens with one attached hydrogen (secondary N) is 3. The van der Waals surface area contributed by atoms with Crippen molar-refractivity contribution in [3.8, 4) is 0 Å². The Labute approximate surface area is 199 Å². The van der Waals surface area contributed by atoms with Crippen molar-refractivity contribution in [2.45, 2.75) is 18.5 Å². The van der Waals surface area contributed by atoms with E-state index in [-0.39, 0.29) is 46.4 Å². The number of anilines is 1. The molecular formula is C20H20Cl3N3O4S. The molecular weight excluding hydrogens is 485 g/mol. The number of hydrogen-bond donors (Lipinski definition) is 4. The van der Waals surface area contributed by atoms with Crippen LogP contribution in [-0.2, 0) is 16.0 Å². The van der Waals surface area contributed by atoms with Crippen LogP contribution in [0.3, 0.4) is 0 Å². The molecule has 2 aromatic rings. The first-order chi connectivity index (χ1) is 14.3. The van der Waals surface area contributed by atoms with Crippen molar-refractivity contribution in [1.82, 2.24) is 10.6 Å². The van der Waals surface area contributed by atoms with Gasteiger partial charge in [0.25, 0.3) is 5.91 Å². The van der Waals surface area contributed by atoms with Crippen LogP contribution < -0.4 is 16.0 Å². The first-order valence-electron chi connectivity index (χ1n) is 9.03. The standard InChI is InChI=1S/C20H19Cl2N3O4S.ClH/c21-13-2-1-3-14(22)17(13)19(27)24-12-6-4-11(5-7-12)8-15(20(28)29)25-18(26)16-9-30-10-23-16;/h1-7,15-16,23H,8-10H2,(H,24,27)(H,25,26)(H,28,29);1H/t15-,16+;/m0./s1. The minimum absolute atomic E-state index is 0. The predicted molar refractivity (Wildman–Crippen MR) is 126 cm³/mol. The van der Waals surface area contributed by atoms with Crippen molar-refractivity contribution >= 4 is 70.8 Å². The van der Waals surface area contributed by atoms with E-state index in [9.17, 15) is 19.5 Å². The molecule has 166 valence electrons. The first kappa shape index (κ1) is 25.3. The van der Waals surface area contributed by atoms with Crippen LogP contribution in [-0.4, -0.2) is 46.6 Å². The molecule has 0 aromatic heterocycles. The molecule has 2 atom stereocenters. The van der Waals surface area contributed by atoms with Crippen LogP contribution in [0.25, 0.3) is 0 Å². The molecule has 0 spiro atoms. The van der Waals surface area contributed by atoms with Gasteiger partial charge in [-0.25, -0.2) is 4.79 Å². The third-order valence-electron chi connectivity index (χ3n) is 4.49. The topological polar surface area (TPSA) is 108 Å². The highest BCUT2D eigenvalue weighted by atomic mass is 35.5. The van der Waals surface area contributed by atoms with Gasteiger partial charge in [0, 0.05) is 23.7 Å². The summed E-state index contributed by atoms with van der Waals surface area (Å²) in [4.78, 5) is 36.2. The quantitative estimate of drug-likeness (QED) is 0.460. The molecule has 11 heteroatoms. The summed E-state index contributed by atoms with van der Waals surface area (Å²) in [6, 6.07) is 10.0. The number of carboxylic acid groups (broad SMARTS) is 1. The van der Waals surface area contributed by atoms with Crippen LogP contribution in [0.5, 0.6) is 0 Å². The number of rotatable bonds is 7. The maximum Gasteiger partial charge on any atom is 0.326 e. The highest BCUT2D eigenvalue weighted by molar-refractivity contribution is 7.99. The molecule has 1 fully saturated rings. The van der Waals surface area contributed by atoms with E-state index >= 15 is 0 Å². The molecule has 0 unspecified atom stereocenters. The summed E-state index contributed by atoms with van der Waals surface area (Å²) in [5, 5.41) is 18.2. The molecule has 0 saturated carbocycles. The van der Waals surface area contributed by atoms with Crippen LogP contribution in [0.15, 0.2) is 42.5 Å². The van der Waals surface area contributed by atoms with Crippen molar-refractivity contribution in [1.29, 1.82) is 0 Å². The van der Waals surface area contributed by atoms with Gasteiger partial charge in [-0.2, -0.15) is 0 Å². The van der Waals surface area contributed by atoms with Gasteiger partial charge in [-0.1, -0.05) is 41.4 Å². The lowest BCUT2D eigenvalue weighted by atomic mass is 10.0. The van der Waals surface area contributed by atoms with Crippen molar-refractivity contribution in [2.75, 3.05) is 16.9 Å². The Morgan fingerprint density at radius 1 is 1.13 bits per heavy atom. The summed E-state index contributed by atoms with van der Waals surface area (Å²) in [5.74, 6) is -0.603. The van der Waals surface area contributed by atoms with Gasteiger partial charge in [-0.05, 0) is 29.8 Å². The summed E-state index contributed by atoms with van der Waals surface area (Å²) < 4.78 is 0. The number of amides is 2. The van der Waals surface area contributed by atoms with E-state index in [0.29, 0.717) is 22.9 Å². The maximum atomic E-state index is 12.4. The van der Waals surface area contributed by atoms with Crippen LogP contribution in [0.2, 0.25) is 10.0 Å². The Kier molecular flexibility index (Phi) is 9.46. The zero-order chi connectivity index (χ0) is 21.7. The molecule has 0 radical (unpaired) electrons. The van der Waals surface area contributed by atoms with E-state index in [2.05, 4.69) is 16.0 Å². The zero-order valence-electron chi connectivity index (χ0n) is 16.1. The number of halogens is 3. The smallest absolute Gasteiger partial charge is 0.326 e. The molecule has 31 heavy (non-hydrogen) atoms. The molecule has 1 aliphatic heterocycles. The van der Waals surface area contributed by atoms with Gasteiger partial charge < -0.3 is 15.7 Å². The van der Waals surface area contributed by atoms with E-state index in [4.69, 9.17) is 23.2 Å². The van der Waals surface area contributed by atoms with Crippen LogP contribution in [0.4, 0.5) is 5.69 Å². The fraction of sp³-hybridized carbons (Fsp3) is 0.250. The second-order valence-corrected chi connectivity index (χ2v) is 8.47. The number of hydrogen-bond acceptors (Lipinski definition) is 5. The van der Waals surface area contributed by atoms with Crippen molar-refractivity contribution < 1.29 is 19.5 Å². The van der Waals surface area contributed by atoms with Crippen LogP contribution in [0.1, 0.15) is 15.9 Å². The summed E-state index contributed by atoms with van der Waals surface area (Å²) in [6.07, 6.45) is 0.117. The summed E-state index contributed by atoms with van der Waals surface area (Å²) >= 11 is 13.7. The fourth-order valence-corrected chi connectivity index (χ4v) is 4.42. The number of carbonyl (C=O) groups excluding carboxylic acids is 2. The molecule has 0 aliphatic carbocycles. The summed E-state index contributed by atoms with van der Waals surface area (Å²) in [6.45, 7) is 0. The monoisotopic (exact) mass is 503 g/mol. The number of thioether (sulfide) groups is 1. The van der Waals surface area contributed by atoms with E-state index in [1.807, 2.05) is 0 Å². The summed E-state index contributed by atoms with van der Waals surface area (Å²) in [5.41, 5.74) is 1.38. The minimum atomic E-state index is -1.11. The number of aliphatic carboxylic acids is 1. The maximum absolute atomic E-state index is 12.4. The van der Waals surface area contributed by atoms with Crippen LogP contribution >= 0.6 is 47.4 Å². The molecule has 1 heterocycles. The zero-order valence-corrected chi connectivity index (χ0v) is 19.2. The lowest BCUT2D eigenvalue weighted by Gasteiger charge is -2.17. The highest BCUT2D eigenvalue weighted by Crippen LogP contribution is 2.25. The molecule has 2 amide bonds. The normalized spacial score (nSPS) is 16.1. The third-order valence-corrected chi connectivity index (χ3v) is 6.06. The Morgan fingerprint density at radius 3 is 2.32 bits per heavy atom. The molecule has 4 N–H and O–H groups in total. The van der Waals surface area contributed by atoms with Gasteiger partial charge >= 0.3 is 5.97 Å². The summed E-state index contributed by atoms with van der Waals surface area (Å²) in [7, 11) is 0. The lowest BCUT2D eigenvalue weighted by Crippen LogP contribution is -2.50. The Balaban J connectivity index is 0.00000341. The van der Waals surface area contributed by atoms with Gasteiger partial charge in [0.05, 0.1) is 21.7 Å². The molecule has 3 rings (SSSR count). The molecule has 1 aliphatic rings. The number of carboxylic acids is 1. The van der Waals surface area contributed by atoms with Crippen molar-refractivity contribution in [3.05, 3.63) is 63.6 Å². The van der Waals surface area contributed by atoms with Gasteiger partial charge in [-0.3, -0.25) is 14.9 Å².